The van der Waals surface area contributed by atoms with Crippen LogP contribution >= 0.6 is 0 Å². The number of carbonyl (C=O) groups is 3. The quantitative estimate of drug-likeness (QED) is 0.580. The van der Waals surface area contributed by atoms with Crippen LogP contribution in [0.2, 0.25) is 0 Å². The zero-order valence-electron chi connectivity index (χ0n) is 16.5. The molecule has 0 radical (unpaired) electrons. The van der Waals surface area contributed by atoms with Gasteiger partial charge in [-0.1, -0.05) is 42.5 Å². The monoisotopic (exact) mass is 405 g/mol. The van der Waals surface area contributed by atoms with Gasteiger partial charge >= 0.3 is 5.97 Å². The number of aliphatic carboxylic acids is 1. The number of anilines is 1. The van der Waals surface area contributed by atoms with Crippen LogP contribution in [0.15, 0.2) is 66.7 Å². The summed E-state index contributed by atoms with van der Waals surface area (Å²) < 4.78 is 6.53. The highest BCUT2D eigenvalue weighted by Gasteiger charge is 2.16. The Bertz CT molecular complexity index is 1060. The second-order valence-electron chi connectivity index (χ2n) is 6.62. The van der Waals surface area contributed by atoms with Crippen molar-refractivity contribution in [2.24, 2.45) is 0 Å². The summed E-state index contributed by atoms with van der Waals surface area (Å²) in [6.45, 7) is -0.0465. The number of para-hydroxylation sites is 1. The summed E-state index contributed by atoms with van der Waals surface area (Å²) in [5, 5.41) is 13.7. The Morgan fingerprint density at radius 1 is 0.967 bits per heavy atom. The average Bonchev–Trinajstić information content (AvgIpc) is 3.15. The van der Waals surface area contributed by atoms with Crippen molar-refractivity contribution in [2.75, 3.05) is 12.4 Å². The lowest BCUT2D eigenvalue weighted by molar-refractivity contribution is -0.305. The van der Waals surface area contributed by atoms with Gasteiger partial charge in [0.1, 0.15) is 6.54 Å². The molecule has 0 spiro atoms. The Morgan fingerprint density at radius 2 is 1.67 bits per heavy atom. The number of amides is 1. The third kappa shape index (κ3) is 4.94. The normalized spacial score (nSPS) is 10.4. The molecule has 0 bridgehead atoms. The number of benzene rings is 2. The van der Waals surface area contributed by atoms with Crippen LogP contribution < -0.4 is 10.4 Å². The van der Waals surface area contributed by atoms with Crippen LogP contribution in [0.3, 0.4) is 0 Å². The molecule has 1 N–H and O–H groups in total. The molecular weight excluding hydrogens is 384 g/mol. The van der Waals surface area contributed by atoms with Crippen LogP contribution in [0, 0.1) is 0 Å². The van der Waals surface area contributed by atoms with Crippen molar-refractivity contribution in [2.45, 2.75) is 19.4 Å². The lowest BCUT2D eigenvalue weighted by atomic mass is 10.1. The summed E-state index contributed by atoms with van der Waals surface area (Å²) in [7, 11) is 1.27. The SMILES string of the molecule is COC(=O)c1ccccc1NC(=O)Cn1c(CCC(=O)[O-])ccc1-c1ccccc1. The molecule has 0 aliphatic heterocycles. The maximum atomic E-state index is 12.8. The maximum Gasteiger partial charge on any atom is 0.339 e. The molecule has 154 valence electrons. The second-order valence-corrected chi connectivity index (χ2v) is 6.62. The maximum absolute atomic E-state index is 12.8. The van der Waals surface area contributed by atoms with Gasteiger partial charge in [0.25, 0.3) is 0 Å². The number of carboxylic acids is 1. The Balaban J connectivity index is 1.88. The highest BCUT2D eigenvalue weighted by atomic mass is 16.5. The fourth-order valence-electron chi connectivity index (χ4n) is 3.22. The van der Waals surface area contributed by atoms with Gasteiger partial charge in [-0.3, -0.25) is 4.79 Å². The van der Waals surface area contributed by atoms with Crippen molar-refractivity contribution in [1.29, 1.82) is 0 Å². The number of nitrogens with one attached hydrogen (secondary N) is 1. The minimum Gasteiger partial charge on any atom is -0.550 e. The Kier molecular flexibility index (Phi) is 6.64. The summed E-state index contributed by atoms with van der Waals surface area (Å²) >= 11 is 0. The highest BCUT2D eigenvalue weighted by molar-refractivity contribution is 6.01. The largest absolute Gasteiger partial charge is 0.550 e. The van der Waals surface area contributed by atoms with E-state index in [-0.39, 0.29) is 30.9 Å². The Morgan fingerprint density at radius 3 is 2.37 bits per heavy atom. The summed E-state index contributed by atoms with van der Waals surface area (Å²) in [6.07, 6.45) is 0.0895. The van der Waals surface area contributed by atoms with Crippen molar-refractivity contribution in [3.63, 3.8) is 0 Å². The van der Waals surface area contributed by atoms with Crippen molar-refractivity contribution >= 4 is 23.5 Å². The second kappa shape index (κ2) is 9.56. The van der Waals surface area contributed by atoms with Crippen LogP contribution in [0.25, 0.3) is 11.3 Å². The van der Waals surface area contributed by atoms with Gasteiger partial charge in [0.2, 0.25) is 5.91 Å². The molecule has 0 unspecified atom stereocenters. The van der Waals surface area contributed by atoms with E-state index in [9.17, 15) is 19.5 Å². The third-order valence-electron chi connectivity index (χ3n) is 4.63. The number of hydrogen-bond acceptors (Lipinski definition) is 5. The van der Waals surface area contributed by atoms with Crippen molar-refractivity contribution < 1.29 is 24.2 Å². The lowest BCUT2D eigenvalue weighted by Gasteiger charge is -2.15. The van der Waals surface area contributed by atoms with E-state index in [1.54, 1.807) is 34.9 Å². The first kappa shape index (κ1) is 20.9. The van der Waals surface area contributed by atoms with E-state index in [1.165, 1.54) is 7.11 Å². The summed E-state index contributed by atoms with van der Waals surface area (Å²) in [6, 6.07) is 19.7. The van der Waals surface area contributed by atoms with E-state index in [2.05, 4.69) is 5.32 Å². The van der Waals surface area contributed by atoms with Crippen LogP contribution in [0.4, 0.5) is 5.69 Å². The smallest absolute Gasteiger partial charge is 0.339 e. The first-order valence-corrected chi connectivity index (χ1v) is 9.40. The molecule has 2 aromatic carbocycles. The molecule has 3 aromatic rings. The highest BCUT2D eigenvalue weighted by Crippen LogP contribution is 2.24. The fraction of sp³-hybridized carbons (Fsp3) is 0.174. The molecule has 7 heteroatoms. The third-order valence-corrected chi connectivity index (χ3v) is 4.63. The first-order valence-electron chi connectivity index (χ1n) is 9.40. The number of carboxylic acid groups (broad SMARTS) is 1. The molecule has 0 saturated carbocycles. The van der Waals surface area contributed by atoms with E-state index in [0.717, 1.165) is 11.3 Å². The summed E-state index contributed by atoms with van der Waals surface area (Å²) in [5.74, 6) is -2.05. The van der Waals surface area contributed by atoms with Crippen molar-refractivity contribution in [3.8, 4) is 11.3 Å². The van der Waals surface area contributed by atoms with Gasteiger partial charge < -0.3 is 24.5 Å². The number of esters is 1. The molecule has 3 rings (SSSR count). The Labute approximate surface area is 173 Å². The lowest BCUT2D eigenvalue weighted by Crippen LogP contribution is -2.24. The fourth-order valence-corrected chi connectivity index (χ4v) is 3.22. The zero-order valence-corrected chi connectivity index (χ0v) is 16.5. The number of ether oxygens (including phenoxy) is 1. The molecule has 0 atom stereocenters. The molecule has 1 aromatic heterocycles. The standard InChI is InChI=1S/C23H22N2O5/c1-30-23(29)18-9-5-6-10-19(18)24-21(26)15-25-17(12-14-22(27)28)11-13-20(25)16-7-3-2-4-8-16/h2-11,13H,12,14-15H2,1H3,(H,24,26)(H,27,28)/p-1. The van der Waals surface area contributed by atoms with E-state index < -0.39 is 11.9 Å². The molecule has 1 heterocycles. The predicted octanol–water partition coefficient (Wildman–Crippen LogP) is 2.26. The van der Waals surface area contributed by atoms with Gasteiger partial charge in [-0.15, -0.1) is 0 Å². The van der Waals surface area contributed by atoms with Gasteiger partial charge in [0, 0.05) is 17.4 Å². The molecule has 1 amide bonds. The number of aryl methyl sites for hydroxylation is 1. The number of carbonyl (C=O) groups excluding carboxylic acids is 3. The summed E-state index contributed by atoms with van der Waals surface area (Å²) in [5.41, 5.74) is 3.00. The van der Waals surface area contributed by atoms with Gasteiger partial charge in [-0.25, -0.2) is 4.79 Å². The minimum atomic E-state index is -1.15. The van der Waals surface area contributed by atoms with Gasteiger partial charge in [-0.05, 0) is 42.7 Å². The van der Waals surface area contributed by atoms with Crippen LogP contribution in [0.1, 0.15) is 22.5 Å². The van der Waals surface area contributed by atoms with Gasteiger partial charge in [0.15, 0.2) is 0 Å². The molecule has 0 fully saturated rings. The predicted molar refractivity (Wildman–Crippen MR) is 110 cm³/mol. The van der Waals surface area contributed by atoms with Gasteiger partial charge in [0.05, 0.1) is 18.4 Å². The number of methoxy groups -OCH3 is 1. The number of rotatable bonds is 8. The number of nitrogens with zero attached hydrogens (tertiary/aromatic N) is 1. The van der Waals surface area contributed by atoms with Crippen molar-refractivity contribution in [1.82, 2.24) is 4.57 Å². The van der Waals surface area contributed by atoms with Crippen LogP contribution in [-0.4, -0.2) is 29.5 Å². The molecule has 0 aliphatic carbocycles. The van der Waals surface area contributed by atoms with Gasteiger partial charge in [-0.2, -0.15) is 0 Å². The van der Waals surface area contributed by atoms with E-state index in [4.69, 9.17) is 4.74 Å². The van der Waals surface area contributed by atoms with Crippen LogP contribution in [0.5, 0.6) is 0 Å². The minimum absolute atomic E-state index is 0.0465. The van der Waals surface area contributed by atoms with E-state index in [0.29, 0.717) is 11.4 Å². The number of hydrogen-bond donors (Lipinski definition) is 1. The average molecular weight is 405 g/mol. The molecular formula is C23H21N2O5-. The van der Waals surface area contributed by atoms with Crippen molar-refractivity contribution in [3.05, 3.63) is 78.0 Å². The Hall–Kier alpha value is -3.87. The first-order chi connectivity index (χ1) is 14.5. The molecule has 0 aliphatic rings. The topological polar surface area (TPSA) is 100 Å². The van der Waals surface area contributed by atoms with Crippen LogP contribution in [-0.2, 0) is 27.3 Å². The van der Waals surface area contributed by atoms with E-state index >= 15 is 0 Å². The number of aromatic nitrogens is 1. The zero-order chi connectivity index (χ0) is 21.5. The summed E-state index contributed by atoms with van der Waals surface area (Å²) in [4.78, 5) is 35.6. The van der Waals surface area contributed by atoms with E-state index in [1.807, 2.05) is 36.4 Å². The molecule has 0 saturated heterocycles. The molecule has 7 nitrogen and oxygen atoms in total. The molecule has 30 heavy (non-hydrogen) atoms.